The second kappa shape index (κ2) is 4.74. The van der Waals surface area contributed by atoms with Crippen LogP contribution in [0.2, 0.25) is 0 Å². The lowest BCUT2D eigenvalue weighted by Crippen LogP contribution is -2.48. The van der Waals surface area contributed by atoms with Gasteiger partial charge in [0, 0.05) is 24.5 Å². The summed E-state index contributed by atoms with van der Waals surface area (Å²) >= 11 is 1.82. The topological polar surface area (TPSA) is 46.8 Å². The summed E-state index contributed by atoms with van der Waals surface area (Å²) in [5, 5.41) is 4.63. The van der Waals surface area contributed by atoms with Crippen LogP contribution in [0.1, 0.15) is 18.4 Å². The zero-order chi connectivity index (χ0) is 11.6. The van der Waals surface area contributed by atoms with Gasteiger partial charge in [-0.1, -0.05) is 11.8 Å². The van der Waals surface area contributed by atoms with Crippen molar-refractivity contribution in [3.63, 3.8) is 0 Å². The Morgan fingerprint density at radius 2 is 2.29 bits per heavy atom. The van der Waals surface area contributed by atoms with E-state index in [1.807, 2.05) is 17.8 Å². The molecule has 0 saturated carbocycles. The Bertz CT molecular complexity index is 397. The summed E-state index contributed by atoms with van der Waals surface area (Å²) in [7, 11) is 0. The van der Waals surface area contributed by atoms with Gasteiger partial charge in [0.15, 0.2) is 5.17 Å². The fraction of sp³-hybridized carbons (Fsp3) is 0.583. The lowest BCUT2D eigenvalue weighted by Gasteiger charge is -2.32. The molecule has 1 spiro atoms. The van der Waals surface area contributed by atoms with Crippen LogP contribution in [0.3, 0.4) is 0 Å². The van der Waals surface area contributed by atoms with Gasteiger partial charge in [-0.3, -0.25) is 4.99 Å². The summed E-state index contributed by atoms with van der Waals surface area (Å²) < 4.78 is 10.4. The third-order valence-electron chi connectivity index (χ3n) is 3.29. The molecule has 5 heteroatoms. The number of nitrogens with one attached hydrogen (secondary N) is 1. The number of amidine groups is 1. The molecule has 0 unspecified atom stereocenters. The average molecular weight is 252 g/mol. The summed E-state index contributed by atoms with van der Waals surface area (Å²) in [6.07, 6.45) is 5.61. The molecule has 1 aromatic heterocycles. The van der Waals surface area contributed by atoms with Crippen molar-refractivity contribution < 1.29 is 9.15 Å². The van der Waals surface area contributed by atoms with Crippen LogP contribution in [0, 0.1) is 0 Å². The van der Waals surface area contributed by atoms with E-state index in [1.165, 1.54) is 0 Å². The normalized spacial score (nSPS) is 25.3. The Kier molecular flexibility index (Phi) is 3.11. The Labute approximate surface area is 105 Å². The predicted octanol–water partition coefficient (Wildman–Crippen LogP) is 2.02. The molecule has 4 nitrogen and oxygen atoms in total. The van der Waals surface area contributed by atoms with Crippen molar-refractivity contribution in [3.05, 3.63) is 24.2 Å². The summed E-state index contributed by atoms with van der Waals surface area (Å²) in [4.78, 5) is 4.58. The third-order valence-corrected chi connectivity index (χ3v) is 4.49. The number of hydrogen-bond donors (Lipinski definition) is 1. The van der Waals surface area contributed by atoms with Crippen LogP contribution in [-0.2, 0) is 11.3 Å². The molecule has 2 aliphatic heterocycles. The van der Waals surface area contributed by atoms with E-state index in [4.69, 9.17) is 9.15 Å². The Balaban J connectivity index is 1.61. The molecule has 17 heavy (non-hydrogen) atoms. The van der Waals surface area contributed by atoms with Crippen LogP contribution in [0.4, 0.5) is 0 Å². The van der Waals surface area contributed by atoms with Gasteiger partial charge in [-0.2, -0.15) is 0 Å². The number of ether oxygens (including phenoxy) is 1. The van der Waals surface area contributed by atoms with Gasteiger partial charge in [0.1, 0.15) is 0 Å². The Morgan fingerprint density at radius 1 is 1.41 bits per heavy atom. The van der Waals surface area contributed by atoms with E-state index in [-0.39, 0.29) is 5.54 Å². The van der Waals surface area contributed by atoms with Crippen molar-refractivity contribution in [1.29, 1.82) is 0 Å². The molecule has 0 amide bonds. The van der Waals surface area contributed by atoms with Crippen molar-refractivity contribution in [2.24, 2.45) is 4.99 Å². The zero-order valence-electron chi connectivity index (χ0n) is 9.65. The maximum atomic E-state index is 5.41. The second-order valence-corrected chi connectivity index (χ2v) is 5.52. The van der Waals surface area contributed by atoms with Gasteiger partial charge in [-0.05, 0) is 18.9 Å². The van der Waals surface area contributed by atoms with Crippen LogP contribution in [0.15, 0.2) is 28.0 Å². The SMILES string of the molecule is c1cc(CN=C2NC3(CCOCC3)CS2)co1. The first kappa shape index (κ1) is 11.2. The molecule has 1 N–H and O–H groups in total. The van der Waals surface area contributed by atoms with Gasteiger partial charge < -0.3 is 14.5 Å². The molecule has 0 atom stereocenters. The van der Waals surface area contributed by atoms with E-state index in [2.05, 4.69) is 10.3 Å². The van der Waals surface area contributed by atoms with Gasteiger partial charge in [0.05, 0.1) is 24.6 Å². The van der Waals surface area contributed by atoms with Gasteiger partial charge in [0.25, 0.3) is 0 Å². The van der Waals surface area contributed by atoms with Crippen molar-refractivity contribution in [2.45, 2.75) is 24.9 Å². The first-order valence-corrected chi connectivity index (χ1v) is 6.89. The van der Waals surface area contributed by atoms with E-state index < -0.39 is 0 Å². The largest absolute Gasteiger partial charge is 0.472 e. The van der Waals surface area contributed by atoms with E-state index in [9.17, 15) is 0 Å². The second-order valence-electron chi connectivity index (χ2n) is 4.56. The number of rotatable bonds is 2. The van der Waals surface area contributed by atoms with Gasteiger partial charge in [-0.15, -0.1) is 0 Å². The molecule has 2 aliphatic rings. The first-order chi connectivity index (χ1) is 8.36. The molecular formula is C12H16N2O2S. The van der Waals surface area contributed by atoms with Gasteiger partial charge in [-0.25, -0.2) is 0 Å². The molecule has 2 saturated heterocycles. The Hall–Kier alpha value is -0.940. The molecule has 0 radical (unpaired) electrons. The Morgan fingerprint density at radius 3 is 3.06 bits per heavy atom. The van der Waals surface area contributed by atoms with Gasteiger partial charge in [0.2, 0.25) is 0 Å². The average Bonchev–Trinajstić information content (AvgIpc) is 2.98. The fourth-order valence-electron chi connectivity index (χ4n) is 2.17. The van der Waals surface area contributed by atoms with Crippen molar-refractivity contribution >= 4 is 16.9 Å². The van der Waals surface area contributed by atoms with Crippen molar-refractivity contribution in [3.8, 4) is 0 Å². The van der Waals surface area contributed by atoms with E-state index in [0.717, 1.165) is 42.5 Å². The van der Waals surface area contributed by atoms with Crippen LogP contribution >= 0.6 is 11.8 Å². The number of nitrogens with zero attached hydrogens (tertiary/aromatic N) is 1. The highest BCUT2D eigenvalue weighted by molar-refractivity contribution is 8.14. The highest BCUT2D eigenvalue weighted by Gasteiger charge is 2.38. The minimum absolute atomic E-state index is 0.234. The fourth-order valence-corrected chi connectivity index (χ4v) is 3.39. The van der Waals surface area contributed by atoms with E-state index >= 15 is 0 Å². The van der Waals surface area contributed by atoms with Crippen LogP contribution < -0.4 is 5.32 Å². The minimum Gasteiger partial charge on any atom is -0.472 e. The van der Waals surface area contributed by atoms with Crippen LogP contribution in [-0.4, -0.2) is 29.7 Å². The minimum atomic E-state index is 0.234. The molecular weight excluding hydrogens is 236 g/mol. The predicted molar refractivity (Wildman–Crippen MR) is 68.2 cm³/mol. The van der Waals surface area contributed by atoms with E-state index in [1.54, 1.807) is 12.5 Å². The number of aliphatic imine (C=N–C) groups is 1. The van der Waals surface area contributed by atoms with Crippen molar-refractivity contribution in [2.75, 3.05) is 19.0 Å². The smallest absolute Gasteiger partial charge is 0.157 e. The quantitative estimate of drug-likeness (QED) is 0.874. The maximum absolute atomic E-state index is 5.41. The van der Waals surface area contributed by atoms with Gasteiger partial charge >= 0.3 is 0 Å². The van der Waals surface area contributed by atoms with Crippen LogP contribution in [0.25, 0.3) is 0 Å². The first-order valence-electron chi connectivity index (χ1n) is 5.91. The number of thioether (sulfide) groups is 1. The molecule has 1 aromatic rings. The molecule has 0 aliphatic carbocycles. The summed E-state index contributed by atoms with van der Waals surface area (Å²) in [6.45, 7) is 2.42. The number of hydrogen-bond acceptors (Lipinski definition) is 4. The summed E-state index contributed by atoms with van der Waals surface area (Å²) in [5.41, 5.74) is 1.35. The zero-order valence-corrected chi connectivity index (χ0v) is 10.5. The highest BCUT2D eigenvalue weighted by atomic mass is 32.2. The summed E-state index contributed by atoms with van der Waals surface area (Å²) in [6, 6.07) is 1.95. The highest BCUT2D eigenvalue weighted by Crippen LogP contribution is 2.31. The lowest BCUT2D eigenvalue weighted by atomic mass is 9.93. The third kappa shape index (κ3) is 2.50. The summed E-state index contributed by atoms with van der Waals surface area (Å²) in [5.74, 6) is 1.11. The molecule has 3 rings (SSSR count). The molecule has 92 valence electrons. The lowest BCUT2D eigenvalue weighted by molar-refractivity contribution is 0.0555. The maximum Gasteiger partial charge on any atom is 0.157 e. The van der Waals surface area contributed by atoms with Crippen molar-refractivity contribution in [1.82, 2.24) is 5.32 Å². The number of furan rings is 1. The molecule has 0 aromatic carbocycles. The van der Waals surface area contributed by atoms with E-state index in [0.29, 0.717) is 6.54 Å². The van der Waals surface area contributed by atoms with Crippen LogP contribution in [0.5, 0.6) is 0 Å². The molecule has 3 heterocycles. The standard InChI is InChI=1S/C12H16N2O2S/c1-4-16-8-10(1)7-13-11-14-12(9-17-11)2-5-15-6-3-12/h1,4,8H,2-3,5-7,9H2,(H,13,14). The monoisotopic (exact) mass is 252 g/mol. The molecule has 2 fully saturated rings. The molecule has 0 bridgehead atoms.